The second kappa shape index (κ2) is 5.89. The molecular weight excluding hydrogens is 226 g/mol. The minimum atomic E-state index is -0.614. The van der Waals surface area contributed by atoms with Crippen molar-refractivity contribution in [1.29, 1.82) is 0 Å². The zero-order chi connectivity index (χ0) is 13.1. The van der Waals surface area contributed by atoms with Gasteiger partial charge in [-0.25, -0.2) is 0 Å². The molecule has 3 N–H and O–H groups in total. The monoisotopic (exact) mass is 255 g/mol. The molecule has 1 heterocycles. The highest BCUT2D eigenvalue weighted by molar-refractivity contribution is 5.03. The van der Waals surface area contributed by atoms with Crippen molar-refractivity contribution in [1.82, 2.24) is 0 Å². The van der Waals surface area contributed by atoms with Crippen molar-refractivity contribution in [2.45, 2.75) is 63.9 Å². The van der Waals surface area contributed by atoms with Crippen LogP contribution in [0.15, 0.2) is 0 Å². The van der Waals surface area contributed by atoms with Crippen LogP contribution in [0.5, 0.6) is 0 Å². The molecule has 0 bridgehead atoms. The fraction of sp³-hybridized carbons (Fsp3) is 1.00. The molecule has 106 valence electrons. The standard InChI is InChI=1S/C15H29NO2/c1-13-11-18-10-9-15(13,17)14(12-16)7-5-3-2-4-6-8-14/h13,17H,2-12,16H2,1H3. The van der Waals surface area contributed by atoms with Gasteiger partial charge in [-0.3, -0.25) is 0 Å². The first-order chi connectivity index (χ1) is 8.65. The van der Waals surface area contributed by atoms with Gasteiger partial charge in [0.15, 0.2) is 0 Å². The van der Waals surface area contributed by atoms with E-state index in [1.165, 1.54) is 32.1 Å². The predicted molar refractivity (Wildman–Crippen MR) is 73.4 cm³/mol. The van der Waals surface area contributed by atoms with Crippen LogP contribution in [0.2, 0.25) is 0 Å². The van der Waals surface area contributed by atoms with Gasteiger partial charge in [0, 0.05) is 30.9 Å². The molecule has 2 aliphatic rings. The van der Waals surface area contributed by atoms with Crippen molar-refractivity contribution in [2.24, 2.45) is 17.1 Å². The van der Waals surface area contributed by atoms with E-state index in [1.54, 1.807) is 0 Å². The zero-order valence-electron chi connectivity index (χ0n) is 11.8. The molecule has 3 nitrogen and oxygen atoms in total. The van der Waals surface area contributed by atoms with Crippen molar-refractivity contribution in [3.8, 4) is 0 Å². The van der Waals surface area contributed by atoms with Crippen molar-refractivity contribution in [3.63, 3.8) is 0 Å². The largest absolute Gasteiger partial charge is 0.389 e. The maximum atomic E-state index is 11.3. The van der Waals surface area contributed by atoms with Crippen molar-refractivity contribution in [2.75, 3.05) is 19.8 Å². The predicted octanol–water partition coefficient (Wildman–Crippen LogP) is 2.46. The summed E-state index contributed by atoms with van der Waals surface area (Å²) < 4.78 is 5.51. The van der Waals surface area contributed by atoms with Gasteiger partial charge in [0.2, 0.25) is 0 Å². The minimum Gasteiger partial charge on any atom is -0.389 e. The van der Waals surface area contributed by atoms with Gasteiger partial charge in [0.05, 0.1) is 12.2 Å². The van der Waals surface area contributed by atoms with Crippen LogP contribution in [0.3, 0.4) is 0 Å². The molecule has 3 heteroatoms. The summed E-state index contributed by atoms with van der Waals surface area (Å²) in [6.45, 7) is 4.10. The Hall–Kier alpha value is -0.120. The summed E-state index contributed by atoms with van der Waals surface area (Å²) in [4.78, 5) is 0. The van der Waals surface area contributed by atoms with Gasteiger partial charge in [-0.05, 0) is 12.8 Å². The van der Waals surface area contributed by atoms with Gasteiger partial charge >= 0.3 is 0 Å². The summed E-state index contributed by atoms with van der Waals surface area (Å²) in [6.07, 6.45) is 9.30. The van der Waals surface area contributed by atoms with E-state index in [2.05, 4.69) is 6.92 Å². The summed E-state index contributed by atoms with van der Waals surface area (Å²) in [6, 6.07) is 0. The Balaban J connectivity index is 2.21. The topological polar surface area (TPSA) is 55.5 Å². The first-order valence-corrected chi connectivity index (χ1v) is 7.65. The minimum absolute atomic E-state index is 0.0728. The first kappa shape index (κ1) is 14.3. The maximum Gasteiger partial charge on any atom is 0.0784 e. The molecule has 18 heavy (non-hydrogen) atoms. The molecule has 0 aromatic carbocycles. The number of aliphatic hydroxyl groups is 1. The SMILES string of the molecule is CC1COCCC1(O)C1(CN)CCCCCCC1. The maximum absolute atomic E-state index is 11.3. The third-order valence-corrected chi connectivity index (χ3v) is 5.43. The van der Waals surface area contributed by atoms with E-state index in [-0.39, 0.29) is 11.3 Å². The van der Waals surface area contributed by atoms with Gasteiger partial charge in [-0.15, -0.1) is 0 Å². The lowest BCUT2D eigenvalue weighted by Crippen LogP contribution is -2.59. The number of nitrogens with two attached hydrogens (primary N) is 1. The van der Waals surface area contributed by atoms with E-state index in [1.807, 2.05) is 0 Å². The van der Waals surface area contributed by atoms with E-state index in [0.717, 1.165) is 19.3 Å². The number of hydrogen-bond donors (Lipinski definition) is 2. The van der Waals surface area contributed by atoms with Crippen LogP contribution in [0.25, 0.3) is 0 Å². The number of ether oxygens (including phenoxy) is 1. The van der Waals surface area contributed by atoms with E-state index in [0.29, 0.717) is 19.8 Å². The van der Waals surface area contributed by atoms with Crippen LogP contribution in [0.1, 0.15) is 58.3 Å². The van der Waals surface area contributed by atoms with Crippen LogP contribution in [0.4, 0.5) is 0 Å². The van der Waals surface area contributed by atoms with E-state index in [4.69, 9.17) is 10.5 Å². The molecule has 0 amide bonds. The molecule has 2 fully saturated rings. The van der Waals surface area contributed by atoms with E-state index in [9.17, 15) is 5.11 Å². The van der Waals surface area contributed by atoms with Crippen molar-refractivity contribution < 1.29 is 9.84 Å². The van der Waals surface area contributed by atoms with Gasteiger partial charge in [-0.1, -0.05) is 39.0 Å². The molecule has 0 aromatic rings. The van der Waals surface area contributed by atoms with Gasteiger partial charge in [0.25, 0.3) is 0 Å². The van der Waals surface area contributed by atoms with Gasteiger partial charge in [0.1, 0.15) is 0 Å². The van der Waals surface area contributed by atoms with Crippen LogP contribution < -0.4 is 5.73 Å². The fourth-order valence-electron chi connectivity index (χ4n) is 4.06. The third-order valence-electron chi connectivity index (χ3n) is 5.43. The highest BCUT2D eigenvalue weighted by Gasteiger charge is 2.52. The molecule has 1 saturated carbocycles. The highest BCUT2D eigenvalue weighted by atomic mass is 16.5. The Labute approximate surface area is 111 Å². The molecule has 2 rings (SSSR count). The van der Waals surface area contributed by atoms with Crippen molar-refractivity contribution >= 4 is 0 Å². The van der Waals surface area contributed by atoms with E-state index >= 15 is 0 Å². The molecule has 0 spiro atoms. The second-order valence-electron chi connectivity index (χ2n) is 6.40. The fourth-order valence-corrected chi connectivity index (χ4v) is 4.06. The summed E-state index contributed by atoms with van der Waals surface area (Å²) in [5.41, 5.74) is 5.45. The Morgan fingerprint density at radius 2 is 1.72 bits per heavy atom. The average Bonchev–Trinajstić information content (AvgIpc) is 2.33. The summed E-state index contributed by atoms with van der Waals surface area (Å²) in [5, 5.41) is 11.3. The lowest BCUT2D eigenvalue weighted by Gasteiger charge is -2.53. The molecule has 2 atom stereocenters. The molecule has 1 saturated heterocycles. The van der Waals surface area contributed by atoms with Crippen LogP contribution in [-0.4, -0.2) is 30.5 Å². The molecular formula is C15H29NO2. The Bertz CT molecular complexity index is 261. The molecule has 0 aromatic heterocycles. The lowest BCUT2D eigenvalue weighted by atomic mass is 9.59. The molecule has 0 radical (unpaired) electrons. The molecule has 2 unspecified atom stereocenters. The van der Waals surface area contributed by atoms with Gasteiger partial charge < -0.3 is 15.6 Å². The summed E-state index contributed by atoms with van der Waals surface area (Å²) in [7, 11) is 0. The lowest BCUT2D eigenvalue weighted by molar-refractivity contribution is -0.183. The summed E-state index contributed by atoms with van der Waals surface area (Å²) >= 11 is 0. The number of hydrogen-bond acceptors (Lipinski definition) is 3. The second-order valence-corrected chi connectivity index (χ2v) is 6.40. The Kier molecular flexibility index (Phi) is 4.68. The third kappa shape index (κ3) is 2.45. The summed E-state index contributed by atoms with van der Waals surface area (Å²) in [5.74, 6) is 0.203. The zero-order valence-corrected chi connectivity index (χ0v) is 11.8. The van der Waals surface area contributed by atoms with Crippen molar-refractivity contribution in [3.05, 3.63) is 0 Å². The molecule has 1 aliphatic heterocycles. The average molecular weight is 255 g/mol. The van der Waals surface area contributed by atoms with Crippen LogP contribution in [0, 0.1) is 11.3 Å². The van der Waals surface area contributed by atoms with Gasteiger partial charge in [-0.2, -0.15) is 0 Å². The quantitative estimate of drug-likeness (QED) is 0.797. The molecule has 1 aliphatic carbocycles. The van der Waals surface area contributed by atoms with Crippen LogP contribution in [-0.2, 0) is 4.74 Å². The van der Waals surface area contributed by atoms with E-state index < -0.39 is 5.60 Å². The highest BCUT2D eigenvalue weighted by Crippen LogP contribution is 2.49. The first-order valence-electron chi connectivity index (χ1n) is 7.65. The van der Waals surface area contributed by atoms with Crippen LogP contribution >= 0.6 is 0 Å². The Morgan fingerprint density at radius 1 is 1.11 bits per heavy atom. The normalized spacial score (nSPS) is 37.8. The Morgan fingerprint density at radius 3 is 2.28 bits per heavy atom. The smallest absolute Gasteiger partial charge is 0.0784 e. The number of rotatable bonds is 2.